The van der Waals surface area contributed by atoms with Crippen molar-refractivity contribution >= 4 is 11.9 Å². The van der Waals surface area contributed by atoms with Gasteiger partial charge < -0.3 is 10.1 Å². The van der Waals surface area contributed by atoms with Crippen LogP contribution in [0.4, 0.5) is 4.79 Å². The molecule has 1 aliphatic heterocycles. The zero-order valence-electron chi connectivity index (χ0n) is 11.7. The Hall–Kier alpha value is -1.52. The summed E-state index contributed by atoms with van der Waals surface area (Å²) >= 11 is 0. The lowest BCUT2D eigenvalue weighted by Gasteiger charge is -2.30. The van der Waals surface area contributed by atoms with Crippen molar-refractivity contribution in [3.8, 4) is 0 Å². The van der Waals surface area contributed by atoms with E-state index in [9.17, 15) is 4.79 Å². The Labute approximate surface area is 109 Å². The van der Waals surface area contributed by atoms with Crippen LogP contribution in [0.2, 0.25) is 0 Å². The number of nitrogens with zero attached hydrogens (tertiary/aromatic N) is 2. The number of carbonyl (C=O) groups excluding carboxylic acids is 1. The van der Waals surface area contributed by atoms with E-state index in [0.717, 1.165) is 5.84 Å². The highest BCUT2D eigenvalue weighted by atomic mass is 16.6. The number of hydrogen-bond acceptors (Lipinski definition) is 4. The number of aliphatic imine (C=N–C) groups is 1. The van der Waals surface area contributed by atoms with E-state index in [1.807, 2.05) is 27.7 Å². The predicted molar refractivity (Wildman–Crippen MR) is 72.9 cm³/mol. The monoisotopic (exact) mass is 253 g/mol. The fourth-order valence-corrected chi connectivity index (χ4v) is 1.51. The molecule has 0 saturated heterocycles. The fraction of sp³-hybridized carbons (Fsp3) is 0.692. The van der Waals surface area contributed by atoms with Gasteiger partial charge in [0.05, 0.1) is 13.1 Å². The lowest BCUT2D eigenvalue weighted by molar-refractivity contribution is 0.0276. The molecule has 0 aromatic heterocycles. The molecule has 102 valence electrons. The molecule has 0 aromatic rings. The Bertz CT molecular complexity index is 345. The summed E-state index contributed by atoms with van der Waals surface area (Å²) in [6.45, 7) is 13.0. The fourth-order valence-electron chi connectivity index (χ4n) is 1.51. The molecule has 1 atom stereocenters. The van der Waals surface area contributed by atoms with Crippen LogP contribution in [0.25, 0.3) is 0 Å². The van der Waals surface area contributed by atoms with Crippen LogP contribution in [0.1, 0.15) is 27.7 Å². The minimum absolute atomic E-state index is 0.141. The Morgan fingerprint density at radius 1 is 1.61 bits per heavy atom. The van der Waals surface area contributed by atoms with Crippen molar-refractivity contribution in [2.24, 2.45) is 4.99 Å². The number of ether oxygens (including phenoxy) is 1. The second-order valence-electron chi connectivity index (χ2n) is 5.40. The molecule has 5 heteroatoms. The summed E-state index contributed by atoms with van der Waals surface area (Å²) < 4.78 is 5.34. The summed E-state index contributed by atoms with van der Waals surface area (Å²) in [5, 5.41) is 3.20. The van der Waals surface area contributed by atoms with E-state index in [2.05, 4.69) is 16.9 Å². The van der Waals surface area contributed by atoms with Crippen molar-refractivity contribution < 1.29 is 9.53 Å². The highest BCUT2D eigenvalue weighted by Crippen LogP contribution is 2.11. The lowest BCUT2D eigenvalue weighted by atomic mass is 10.2. The van der Waals surface area contributed by atoms with Crippen LogP contribution in [0.15, 0.2) is 17.6 Å². The minimum atomic E-state index is -0.465. The topological polar surface area (TPSA) is 53.9 Å². The molecule has 18 heavy (non-hydrogen) atoms. The van der Waals surface area contributed by atoms with E-state index in [0.29, 0.717) is 19.6 Å². The first kappa shape index (κ1) is 14.5. The Morgan fingerprint density at radius 2 is 2.28 bits per heavy atom. The van der Waals surface area contributed by atoms with Crippen molar-refractivity contribution in [2.45, 2.75) is 39.3 Å². The lowest BCUT2D eigenvalue weighted by Crippen LogP contribution is -2.48. The molecule has 1 amide bonds. The molecule has 0 radical (unpaired) electrons. The molecular weight excluding hydrogens is 230 g/mol. The average Bonchev–Trinajstić information content (AvgIpc) is 2.27. The molecule has 0 bridgehead atoms. The minimum Gasteiger partial charge on any atom is -0.444 e. The van der Waals surface area contributed by atoms with Gasteiger partial charge in [-0.05, 0) is 27.7 Å². The highest BCUT2D eigenvalue weighted by Gasteiger charge is 2.25. The maximum absolute atomic E-state index is 11.9. The molecule has 1 rings (SSSR count). The molecule has 1 heterocycles. The van der Waals surface area contributed by atoms with E-state index in [1.165, 1.54) is 0 Å². The van der Waals surface area contributed by atoms with Gasteiger partial charge in [-0.2, -0.15) is 0 Å². The first-order chi connectivity index (χ1) is 8.31. The number of carbonyl (C=O) groups is 1. The Morgan fingerprint density at radius 3 is 2.83 bits per heavy atom. The van der Waals surface area contributed by atoms with Gasteiger partial charge in [-0.1, -0.05) is 6.08 Å². The number of amides is 1. The second-order valence-corrected chi connectivity index (χ2v) is 5.40. The zero-order chi connectivity index (χ0) is 13.8. The normalized spacial score (nSPS) is 17.8. The van der Waals surface area contributed by atoms with E-state index in [1.54, 1.807) is 11.0 Å². The smallest absolute Gasteiger partial charge is 0.410 e. The molecule has 0 aromatic carbocycles. The van der Waals surface area contributed by atoms with Gasteiger partial charge in [-0.15, -0.1) is 6.58 Å². The SMILES string of the molecule is C=CC(C)NC1=NCCN(C(=O)OC(C)(C)C)C1. The van der Waals surface area contributed by atoms with Gasteiger partial charge in [0.2, 0.25) is 0 Å². The van der Waals surface area contributed by atoms with Crippen LogP contribution in [-0.2, 0) is 4.74 Å². The van der Waals surface area contributed by atoms with Crippen LogP contribution in [0.5, 0.6) is 0 Å². The third kappa shape index (κ3) is 4.77. The Balaban J connectivity index is 2.54. The van der Waals surface area contributed by atoms with Crippen LogP contribution in [0.3, 0.4) is 0 Å². The summed E-state index contributed by atoms with van der Waals surface area (Å²) in [7, 11) is 0. The number of hydrogen-bond donors (Lipinski definition) is 1. The largest absolute Gasteiger partial charge is 0.444 e. The number of nitrogens with one attached hydrogen (secondary N) is 1. The summed E-state index contributed by atoms with van der Waals surface area (Å²) in [5.41, 5.74) is -0.465. The molecule has 0 aliphatic carbocycles. The van der Waals surface area contributed by atoms with Gasteiger partial charge in [0.1, 0.15) is 11.4 Å². The third-order valence-corrected chi connectivity index (χ3v) is 2.41. The van der Waals surface area contributed by atoms with Crippen LogP contribution >= 0.6 is 0 Å². The number of amidine groups is 1. The van der Waals surface area contributed by atoms with Crippen molar-refractivity contribution in [1.29, 1.82) is 0 Å². The summed E-state index contributed by atoms with van der Waals surface area (Å²) in [4.78, 5) is 17.9. The van der Waals surface area contributed by atoms with Crippen LogP contribution < -0.4 is 5.32 Å². The molecule has 0 saturated carbocycles. The third-order valence-electron chi connectivity index (χ3n) is 2.41. The maximum atomic E-state index is 11.9. The van der Waals surface area contributed by atoms with Crippen molar-refractivity contribution in [1.82, 2.24) is 10.2 Å². The first-order valence-electron chi connectivity index (χ1n) is 6.22. The van der Waals surface area contributed by atoms with Gasteiger partial charge in [-0.3, -0.25) is 9.89 Å². The second kappa shape index (κ2) is 5.89. The molecule has 0 spiro atoms. The number of rotatable bonds is 2. The maximum Gasteiger partial charge on any atom is 0.410 e. The summed E-state index contributed by atoms with van der Waals surface area (Å²) in [6, 6.07) is 0.141. The first-order valence-corrected chi connectivity index (χ1v) is 6.22. The van der Waals surface area contributed by atoms with Gasteiger partial charge in [0, 0.05) is 12.6 Å². The average molecular weight is 253 g/mol. The summed E-state index contributed by atoms with van der Waals surface area (Å²) in [6.07, 6.45) is 1.51. The van der Waals surface area contributed by atoms with Crippen molar-refractivity contribution in [3.63, 3.8) is 0 Å². The molecule has 1 aliphatic rings. The molecule has 1 unspecified atom stereocenters. The summed E-state index contributed by atoms with van der Waals surface area (Å²) in [5.74, 6) is 0.805. The van der Waals surface area contributed by atoms with Gasteiger partial charge >= 0.3 is 6.09 Å². The van der Waals surface area contributed by atoms with Gasteiger partial charge in [0.15, 0.2) is 0 Å². The van der Waals surface area contributed by atoms with E-state index in [4.69, 9.17) is 4.74 Å². The quantitative estimate of drug-likeness (QED) is 0.763. The zero-order valence-corrected chi connectivity index (χ0v) is 11.7. The van der Waals surface area contributed by atoms with Crippen molar-refractivity contribution in [2.75, 3.05) is 19.6 Å². The van der Waals surface area contributed by atoms with E-state index in [-0.39, 0.29) is 12.1 Å². The Kier molecular flexibility index (Phi) is 4.76. The molecule has 5 nitrogen and oxygen atoms in total. The van der Waals surface area contributed by atoms with Crippen LogP contribution in [-0.4, -0.2) is 48.1 Å². The van der Waals surface area contributed by atoms with E-state index >= 15 is 0 Å². The standard InChI is InChI=1S/C13H23N3O2/c1-6-10(2)15-11-9-16(8-7-14-11)12(17)18-13(3,4)5/h6,10H,1,7-9H2,2-5H3,(H,14,15). The van der Waals surface area contributed by atoms with E-state index < -0.39 is 5.60 Å². The van der Waals surface area contributed by atoms with Gasteiger partial charge in [-0.25, -0.2) is 4.79 Å². The highest BCUT2D eigenvalue weighted by molar-refractivity contribution is 5.88. The molecule has 0 fully saturated rings. The predicted octanol–water partition coefficient (Wildman–Crippen LogP) is 1.80. The van der Waals surface area contributed by atoms with Crippen molar-refractivity contribution in [3.05, 3.63) is 12.7 Å². The van der Waals surface area contributed by atoms with Gasteiger partial charge in [0.25, 0.3) is 0 Å². The van der Waals surface area contributed by atoms with Crippen LogP contribution in [0, 0.1) is 0 Å². The molecule has 1 N–H and O–H groups in total. The molecular formula is C13H23N3O2.